The number of ether oxygens (including phenoxy) is 1. The molecule has 0 atom stereocenters. The van der Waals surface area contributed by atoms with Crippen LogP contribution in [0, 0.1) is 0 Å². The van der Waals surface area contributed by atoms with Gasteiger partial charge in [0.2, 0.25) is 0 Å². The predicted octanol–water partition coefficient (Wildman–Crippen LogP) is 1.05. The van der Waals surface area contributed by atoms with Crippen LogP contribution in [-0.4, -0.2) is 41.6 Å². The Morgan fingerprint density at radius 2 is 1.85 bits per heavy atom. The lowest BCUT2D eigenvalue weighted by Crippen LogP contribution is -2.46. The Labute approximate surface area is 115 Å². The first-order valence-corrected chi connectivity index (χ1v) is 6.23. The Morgan fingerprint density at radius 3 is 2.45 bits per heavy atom. The van der Waals surface area contributed by atoms with Crippen LogP contribution in [0.3, 0.4) is 0 Å². The lowest BCUT2D eigenvalue weighted by molar-refractivity contribution is -0.124. The van der Waals surface area contributed by atoms with Crippen LogP contribution in [0.2, 0.25) is 0 Å². The Kier molecular flexibility index (Phi) is 3.65. The molecule has 0 fully saturated rings. The molecule has 1 aromatic rings. The number of carbonyl (C=O) groups is 4. The molecule has 0 N–H and O–H groups in total. The van der Waals surface area contributed by atoms with Crippen LogP contribution < -0.4 is 0 Å². The zero-order valence-corrected chi connectivity index (χ0v) is 11.1. The summed E-state index contributed by atoms with van der Waals surface area (Å²) in [7, 11) is 0. The number of Topliss-reactive ketones (excluding diaryl/α,β-unsaturated/α-hetero) is 1. The van der Waals surface area contributed by atoms with Crippen molar-refractivity contribution in [1.82, 2.24) is 4.90 Å². The fraction of sp³-hybridized carbons (Fsp3) is 0.286. The molecule has 0 saturated carbocycles. The maximum absolute atomic E-state index is 12.1. The zero-order chi connectivity index (χ0) is 14.9. The van der Waals surface area contributed by atoms with Gasteiger partial charge in [-0.2, -0.15) is 0 Å². The number of likely N-dealkylation sites (N-methyl/N-ethyl adjacent to an activating group) is 1. The van der Waals surface area contributed by atoms with E-state index < -0.39 is 23.6 Å². The number of hydrogen-bond acceptors (Lipinski definition) is 5. The first-order chi connectivity index (χ1) is 9.52. The van der Waals surface area contributed by atoms with E-state index in [1.54, 1.807) is 13.8 Å². The second-order valence-corrected chi connectivity index (χ2v) is 4.13. The van der Waals surface area contributed by atoms with Gasteiger partial charge < -0.3 is 4.74 Å². The van der Waals surface area contributed by atoms with Crippen LogP contribution in [0.25, 0.3) is 0 Å². The highest BCUT2D eigenvalue weighted by Crippen LogP contribution is 2.24. The SMILES string of the molecule is CCOC(=O)c1cccc2c1C(=O)C(=O)N(CC)C2=O. The summed E-state index contributed by atoms with van der Waals surface area (Å²) < 4.78 is 4.84. The highest BCUT2D eigenvalue weighted by Gasteiger charge is 2.39. The molecule has 2 rings (SSSR count). The number of imide groups is 1. The molecule has 1 aliphatic heterocycles. The third-order valence-electron chi connectivity index (χ3n) is 3.02. The molecule has 20 heavy (non-hydrogen) atoms. The third kappa shape index (κ3) is 1.99. The fourth-order valence-electron chi connectivity index (χ4n) is 2.11. The van der Waals surface area contributed by atoms with Gasteiger partial charge in [0.25, 0.3) is 11.7 Å². The number of ketones is 1. The molecule has 0 radical (unpaired) electrons. The molecule has 2 amide bonds. The van der Waals surface area contributed by atoms with Gasteiger partial charge in [-0.1, -0.05) is 6.07 Å². The molecule has 104 valence electrons. The van der Waals surface area contributed by atoms with Crippen molar-refractivity contribution < 1.29 is 23.9 Å². The van der Waals surface area contributed by atoms with Crippen LogP contribution in [0.1, 0.15) is 44.9 Å². The van der Waals surface area contributed by atoms with Gasteiger partial charge in [-0.25, -0.2) is 4.79 Å². The Balaban J connectivity index is 2.62. The van der Waals surface area contributed by atoms with E-state index in [4.69, 9.17) is 4.74 Å². The quantitative estimate of drug-likeness (QED) is 0.468. The van der Waals surface area contributed by atoms with Crippen molar-refractivity contribution >= 4 is 23.6 Å². The first kappa shape index (κ1) is 13.9. The molecule has 6 nitrogen and oxygen atoms in total. The van der Waals surface area contributed by atoms with Gasteiger partial charge in [0.15, 0.2) is 0 Å². The van der Waals surface area contributed by atoms with E-state index in [9.17, 15) is 19.2 Å². The van der Waals surface area contributed by atoms with E-state index in [0.717, 1.165) is 4.90 Å². The summed E-state index contributed by atoms with van der Waals surface area (Å²) in [5.41, 5.74) is -0.153. The summed E-state index contributed by atoms with van der Waals surface area (Å²) in [4.78, 5) is 48.8. The van der Waals surface area contributed by atoms with E-state index in [0.29, 0.717) is 0 Å². The van der Waals surface area contributed by atoms with E-state index in [2.05, 4.69) is 0 Å². The molecule has 0 bridgehead atoms. The normalized spacial score (nSPS) is 14.3. The molecule has 1 aliphatic rings. The van der Waals surface area contributed by atoms with Gasteiger partial charge in [-0.05, 0) is 26.0 Å². The molecular formula is C14H13NO5. The average Bonchev–Trinajstić information content (AvgIpc) is 2.45. The highest BCUT2D eigenvalue weighted by atomic mass is 16.5. The summed E-state index contributed by atoms with van der Waals surface area (Å²) in [5, 5.41) is 0. The van der Waals surface area contributed by atoms with Crippen molar-refractivity contribution in [3.8, 4) is 0 Å². The van der Waals surface area contributed by atoms with Gasteiger partial charge >= 0.3 is 11.9 Å². The molecule has 1 heterocycles. The lowest BCUT2D eigenvalue weighted by atomic mass is 9.92. The monoisotopic (exact) mass is 275 g/mol. The van der Waals surface area contributed by atoms with Crippen LogP contribution in [0.4, 0.5) is 0 Å². The number of hydrogen-bond donors (Lipinski definition) is 0. The summed E-state index contributed by atoms with van der Waals surface area (Å²) in [6, 6.07) is 4.28. The van der Waals surface area contributed by atoms with Crippen molar-refractivity contribution in [2.45, 2.75) is 13.8 Å². The average molecular weight is 275 g/mol. The standard InChI is InChI=1S/C14H13NO5/c1-3-15-12(17)8-6-5-7-9(14(19)20-4-2)10(8)11(16)13(15)18/h5-7H,3-4H2,1-2H3. The minimum Gasteiger partial charge on any atom is -0.462 e. The van der Waals surface area contributed by atoms with Crippen molar-refractivity contribution in [2.24, 2.45) is 0 Å². The van der Waals surface area contributed by atoms with Gasteiger partial charge in [0.05, 0.1) is 23.3 Å². The fourth-order valence-corrected chi connectivity index (χ4v) is 2.11. The summed E-state index contributed by atoms with van der Waals surface area (Å²) in [6.45, 7) is 3.47. The summed E-state index contributed by atoms with van der Waals surface area (Å²) >= 11 is 0. The second kappa shape index (κ2) is 5.24. The number of rotatable bonds is 3. The number of esters is 1. The molecule has 0 aromatic heterocycles. The van der Waals surface area contributed by atoms with Crippen molar-refractivity contribution in [1.29, 1.82) is 0 Å². The summed E-state index contributed by atoms with van der Waals surface area (Å²) in [6.07, 6.45) is 0. The second-order valence-electron chi connectivity index (χ2n) is 4.13. The number of fused-ring (bicyclic) bond motifs is 1. The molecular weight excluding hydrogens is 262 g/mol. The summed E-state index contributed by atoms with van der Waals surface area (Å²) in [5.74, 6) is -3.06. The third-order valence-corrected chi connectivity index (χ3v) is 3.02. The maximum atomic E-state index is 12.1. The molecule has 1 aromatic carbocycles. The van der Waals surface area contributed by atoms with E-state index in [1.165, 1.54) is 18.2 Å². The minimum atomic E-state index is -0.915. The number of nitrogens with zero attached hydrogens (tertiary/aromatic N) is 1. The molecule has 0 saturated heterocycles. The van der Waals surface area contributed by atoms with Crippen molar-refractivity contribution in [3.63, 3.8) is 0 Å². The lowest BCUT2D eigenvalue weighted by Gasteiger charge is -2.25. The first-order valence-electron chi connectivity index (χ1n) is 6.23. The Hall–Kier alpha value is -2.50. The molecule has 0 unspecified atom stereocenters. The van der Waals surface area contributed by atoms with E-state index in [-0.39, 0.29) is 29.8 Å². The maximum Gasteiger partial charge on any atom is 0.338 e. The Bertz CT molecular complexity index is 606. The van der Waals surface area contributed by atoms with Crippen LogP contribution in [-0.2, 0) is 9.53 Å². The van der Waals surface area contributed by atoms with Crippen molar-refractivity contribution in [2.75, 3.05) is 13.2 Å². The molecule has 0 aliphatic carbocycles. The topological polar surface area (TPSA) is 80.8 Å². The van der Waals surface area contributed by atoms with Gasteiger partial charge in [0.1, 0.15) is 0 Å². The minimum absolute atomic E-state index is 0.0493. The van der Waals surface area contributed by atoms with Gasteiger partial charge in [0, 0.05) is 6.54 Å². The highest BCUT2D eigenvalue weighted by molar-refractivity contribution is 6.50. The van der Waals surface area contributed by atoms with Crippen LogP contribution in [0.5, 0.6) is 0 Å². The van der Waals surface area contributed by atoms with E-state index >= 15 is 0 Å². The van der Waals surface area contributed by atoms with Crippen LogP contribution >= 0.6 is 0 Å². The molecule has 0 spiro atoms. The number of benzene rings is 1. The van der Waals surface area contributed by atoms with Crippen molar-refractivity contribution in [3.05, 3.63) is 34.9 Å². The van der Waals surface area contributed by atoms with Gasteiger partial charge in [-0.15, -0.1) is 0 Å². The number of carbonyl (C=O) groups excluding carboxylic acids is 4. The van der Waals surface area contributed by atoms with Gasteiger partial charge in [-0.3, -0.25) is 19.3 Å². The Morgan fingerprint density at radius 1 is 1.15 bits per heavy atom. The zero-order valence-electron chi connectivity index (χ0n) is 11.1. The predicted molar refractivity (Wildman–Crippen MR) is 68.4 cm³/mol. The smallest absolute Gasteiger partial charge is 0.338 e. The van der Waals surface area contributed by atoms with E-state index in [1.807, 2.05) is 0 Å². The molecule has 6 heteroatoms. The largest absolute Gasteiger partial charge is 0.462 e. The van der Waals surface area contributed by atoms with Crippen LogP contribution in [0.15, 0.2) is 18.2 Å². The number of amides is 2.